The summed E-state index contributed by atoms with van der Waals surface area (Å²) in [6.45, 7) is 2.56. The Balaban J connectivity index is 1.27. The van der Waals surface area contributed by atoms with E-state index in [0.29, 0.717) is 35.2 Å². The molecule has 4 rings (SSSR count). The van der Waals surface area contributed by atoms with E-state index in [1.165, 1.54) is 0 Å². The van der Waals surface area contributed by atoms with Gasteiger partial charge in [-0.05, 0) is 55.0 Å². The molecule has 9 heteroatoms. The number of halogens is 2. The summed E-state index contributed by atoms with van der Waals surface area (Å²) < 4.78 is 6.37. The Kier molecular flexibility index (Phi) is 8.28. The van der Waals surface area contributed by atoms with E-state index in [1.807, 2.05) is 31.2 Å². The molecule has 36 heavy (non-hydrogen) atoms. The number of nitrogens with one attached hydrogen (secondary N) is 2. The summed E-state index contributed by atoms with van der Waals surface area (Å²) in [6, 6.07) is 20.0. The van der Waals surface area contributed by atoms with Crippen LogP contribution in [0, 0.1) is 12.8 Å². The van der Waals surface area contributed by atoms with Crippen molar-refractivity contribution < 1.29 is 19.1 Å². The SMILES string of the molecule is Cc1ccc(CNC(=O)[C@@H]2CC(=O)N(c3ccc(OCC(=O)Nc4ccc(Br)cc4Cl)cc3)C2)cc1. The van der Waals surface area contributed by atoms with Gasteiger partial charge in [0.05, 0.1) is 16.6 Å². The van der Waals surface area contributed by atoms with Gasteiger partial charge in [-0.25, -0.2) is 0 Å². The van der Waals surface area contributed by atoms with Gasteiger partial charge in [-0.1, -0.05) is 57.4 Å². The van der Waals surface area contributed by atoms with Crippen molar-refractivity contribution in [1.29, 1.82) is 0 Å². The van der Waals surface area contributed by atoms with E-state index < -0.39 is 5.92 Å². The molecule has 1 aliphatic rings. The number of ether oxygens (including phenoxy) is 1. The minimum Gasteiger partial charge on any atom is -0.484 e. The number of carbonyl (C=O) groups is 3. The first kappa shape index (κ1) is 25.7. The zero-order chi connectivity index (χ0) is 25.7. The van der Waals surface area contributed by atoms with Gasteiger partial charge < -0.3 is 20.3 Å². The number of hydrogen-bond donors (Lipinski definition) is 2. The van der Waals surface area contributed by atoms with Gasteiger partial charge in [0.25, 0.3) is 5.91 Å². The summed E-state index contributed by atoms with van der Waals surface area (Å²) in [7, 11) is 0. The van der Waals surface area contributed by atoms with Crippen molar-refractivity contribution in [2.45, 2.75) is 19.9 Å². The van der Waals surface area contributed by atoms with E-state index in [2.05, 4.69) is 26.6 Å². The van der Waals surface area contributed by atoms with Crippen molar-refractivity contribution >= 4 is 56.6 Å². The number of benzene rings is 3. The minimum absolute atomic E-state index is 0.107. The van der Waals surface area contributed by atoms with E-state index in [4.69, 9.17) is 16.3 Å². The minimum atomic E-state index is -0.409. The van der Waals surface area contributed by atoms with Gasteiger partial charge in [-0.3, -0.25) is 14.4 Å². The molecule has 0 unspecified atom stereocenters. The van der Waals surface area contributed by atoms with Gasteiger partial charge in [0.1, 0.15) is 5.75 Å². The lowest BCUT2D eigenvalue weighted by Crippen LogP contribution is -2.32. The van der Waals surface area contributed by atoms with Crippen LogP contribution < -0.4 is 20.3 Å². The van der Waals surface area contributed by atoms with E-state index >= 15 is 0 Å². The Morgan fingerprint density at radius 1 is 1.08 bits per heavy atom. The topological polar surface area (TPSA) is 87.7 Å². The van der Waals surface area contributed by atoms with Gasteiger partial charge in [0, 0.05) is 29.7 Å². The van der Waals surface area contributed by atoms with E-state index in [-0.39, 0.29) is 30.7 Å². The highest BCUT2D eigenvalue weighted by atomic mass is 79.9. The first-order chi connectivity index (χ1) is 17.3. The summed E-state index contributed by atoms with van der Waals surface area (Å²) in [4.78, 5) is 39.0. The van der Waals surface area contributed by atoms with Gasteiger partial charge in [-0.2, -0.15) is 0 Å². The molecule has 0 saturated carbocycles. The van der Waals surface area contributed by atoms with Crippen LogP contribution in [0.25, 0.3) is 0 Å². The standard InChI is InChI=1S/C27H25BrClN3O4/c1-17-2-4-18(5-3-17)14-30-27(35)19-12-26(34)32(15-19)21-7-9-22(10-8-21)36-16-25(33)31-24-11-6-20(28)13-23(24)29/h2-11,13,19H,12,14-16H2,1H3,(H,30,35)(H,31,33)/t19-/m1/s1. The highest BCUT2D eigenvalue weighted by Crippen LogP contribution is 2.28. The van der Waals surface area contributed by atoms with E-state index in [1.54, 1.807) is 47.4 Å². The van der Waals surface area contributed by atoms with Crippen LogP contribution in [0.15, 0.2) is 71.2 Å². The predicted octanol–water partition coefficient (Wildman–Crippen LogP) is 5.10. The fraction of sp³-hybridized carbons (Fsp3) is 0.222. The lowest BCUT2D eigenvalue weighted by molar-refractivity contribution is -0.126. The number of hydrogen-bond acceptors (Lipinski definition) is 4. The smallest absolute Gasteiger partial charge is 0.262 e. The van der Waals surface area contributed by atoms with Crippen LogP contribution in [-0.4, -0.2) is 30.9 Å². The van der Waals surface area contributed by atoms with Crippen LogP contribution in [0.2, 0.25) is 5.02 Å². The summed E-state index contributed by atoms with van der Waals surface area (Å²) in [5, 5.41) is 6.04. The van der Waals surface area contributed by atoms with Crippen LogP contribution >= 0.6 is 27.5 Å². The van der Waals surface area contributed by atoms with Gasteiger partial charge in [0.15, 0.2) is 6.61 Å². The molecule has 1 heterocycles. The second-order valence-electron chi connectivity index (χ2n) is 8.56. The first-order valence-electron chi connectivity index (χ1n) is 11.4. The molecule has 1 fully saturated rings. The third kappa shape index (κ3) is 6.65. The molecule has 1 saturated heterocycles. The van der Waals surface area contributed by atoms with Gasteiger partial charge in [-0.15, -0.1) is 0 Å². The summed E-state index contributed by atoms with van der Waals surface area (Å²) in [5.74, 6) is -0.520. The molecule has 2 N–H and O–H groups in total. The molecule has 186 valence electrons. The normalized spacial score (nSPS) is 15.0. The summed E-state index contributed by atoms with van der Waals surface area (Å²) >= 11 is 9.44. The third-order valence-electron chi connectivity index (χ3n) is 5.81. The lowest BCUT2D eigenvalue weighted by atomic mass is 10.1. The Labute approximate surface area is 222 Å². The maximum atomic E-state index is 12.6. The number of rotatable bonds is 8. The Bertz CT molecular complexity index is 1270. The number of carbonyl (C=O) groups excluding carboxylic acids is 3. The Morgan fingerprint density at radius 3 is 2.50 bits per heavy atom. The molecule has 0 spiro atoms. The fourth-order valence-corrected chi connectivity index (χ4v) is 4.54. The number of anilines is 2. The number of nitrogens with zero attached hydrogens (tertiary/aromatic N) is 1. The maximum Gasteiger partial charge on any atom is 0.262 e. The van der Waals surface area contributed by atoms with E-state index in [9.17, 15) is 14.4 Å². The third-order valence-corrected chi connectivity index (χ3v) is 6.61. The molecule has 0 aromatic heterocycles. The van der Waals surface area contributed by atoms with Crippen LogP contribution in [-0.2, 0) is 20.9 Å². The average Bonchev–Trinajstić information content (AvgIpc) is 3.26. The van der Waals surface area contributed by atoms with E-state index in [0.717, 1.165) is 15.6 Å². The molecular weight excluding hydrogens is 546 g/mol. The summed E-state index contributed by atoms with van der Waals surface area (Å²) in [5.41, 5.74) is 3.34. The quantitative estimate of drug-likeness (QED) is 0.395. The zero-order valence-electron chi connectivity index (χ0n) is 19.6. The Hall–Kier alpha value is -3.36. The van der Waals surface area contributed by atoms with Crippen molar-refractivity contribution in [3.05, 3.63) is 87.4 Å². The number of amides is 3. The maximum absolute atomic E-state index is 12.6. The second kappa shape index (κ2) is 11.6. The van der Waals surface area contributed by atoms with Crippen molar-refractivity contribution in [1.82, 2.24) is 5.32 Å². The number of aryl methyl sites for hydroxylation is 1. The van der Waals surface area contributed by atoms with Crippen molar-refractivity contribution in [2.75, 3.05) is 23.4 Å². The van der Waals surface area contributed by atoms with Crippen LogP contribution in [0.4, 0.5) is 11.4 Å². The average molecular weight is 571 g/mol. The zero-order valence-corrected chi connectivity index (χ0v) is 21.9. The molecule has 7 nitrogen and oxygen atoms in total. The van der Waals surface area contributed by atoms with Crippen LogP contribution in [0.1, 0.15) is 17.5 Å². The largest absolute Gasteiger partial charge is 0.484 e. The van der Waals surface area contributed by atoms with Gasteiger partial charge >= 0.3 is 0 Å². The van der Waals surface area contributed by atoms with Gasteiger partial charge in [0.2, 0.25) is 11.8 Å². The molecule has 3 amide bonds. The predicted molar refractivity (Wildman–Crippen MR) is 143 cm³/mol. The van der Waals surface area contributed by atoms with Crippen LogP contribution in [0.5, 0.6) is 5.75 Å². The molecule has 1 atom stereocenters. The fourth-order valence-electron chi connectivity index (χ4n) is 3.82. The molecule has 0 bridgehead atoms. The van der Waals surface area contributed by atoms with Crippen molar-refractivity contribution in [2.24, 2.45) is 5.92 Å². The molecule has 0 aliphatic carbocycles. The Morgan fingerprint density at radius 2 is 1.81 bits per heavy atom. The molecule has 3 aromatic carbocycles. The van der Waals surface area contributed by atoms with Crippen molar-refractivity contribution in [3.63, 3.8) is 0 Å². The lowest BCUT2D eigenvalue weighted by Gasteiger charge is -2.17. The van der Waals surface area contributed by atoms with Crippen LogP contribution in [0.3, 0.4) is 0 Å². The molecule has 3 aromatic rings. The molecule has 1 aliphatic heterocycles. The molecule has 0 radical (unpaired) electrons. The summed E-state index contributed by atoms with van der Waals surface area (Å²) in [6.07, 6.45) is 0.163. The van der Waals surface area contributed by atoms with Crippen molar-refractivity contribution in [3.8, 4) is 5.75 Å². The first-order valence-corrected chi connectivity index (χ1v) is 12.6. The second-order valence-corrected chi connectivity index (χ2v) is 9.89. The molecular formula is C27H25BrClN3O4. The highest BCUT2D eigenvalue weighted by molar-refractivity contribution is 9.10. The monoisotopic (exact) mass is 569 g/mol. The highest BCUT2D eigenvalue weighted by Gasteiger charge is 2.35.